The maximum Gasteiger partial charge on any atom is 0.214 e. The van der Waals surface area contributed by atoms with Gasteiger partial charge in [0.1, 0.15) is 5.65 Å². The first-order chi connectivity index (χ1) is 10.5. The quantitative estimate of drug-likeness (QED) is 0.758. The van der Waals surface area contributed by atoms with E-state index in [9.17, 15) is 8.42 Å². The molecule has 0 saturated heterocycles. The van der Waals surface area contributed by atoms with Gasteiger partial charge in [-0.1, -0.05) is 6.07 Å². The second-order valence-corrected chi connectivity index (χ2v) is 7.94. The Labute approximate surface area is 131 Å². The smallest absolute Gasteiger partial charge is 0.214 e. The molecule has 1 atom stereocenters. The first-order valence-corrected chi connectivity index (χ1v) is 9.24. The molecular weight excluding hydrogens is 300 g/mol. The van der Waals surface area contributed by atoms with Crippen molar-refractivity contribution in [3.05, 3.63) is 36.3 Å². The van der Waals surface area contributed by atoms with Gasteiger partial charge in [-0.15, -0.1) is 0 Å². The molecule has 2 aromatic heterocycles. The summed E-state index contributed by atoms with van der Waals surface area (Å²) in [7, 11) is -3.08. The monoisotopic (exact) mass is 322 g/mol. The van der Waals surface area contributed by atoms with Gasteiger partial charge in [-0.3, -0.25) is 0 Å². The van der Waals surface area contributed by atoms with E-state index in [1.54, 1.807) is 0 Å². The van der Waals surface area contributed by atoms with Crippen molar-refractivity contribution in [3.8, 4) is 0 Å². The maximum atomic E-state index is 11.7. The van der Waals surface area contributed by atoms with Crippen molar-refractivity contribution in [2.45, 2.75) is 37.5 Å². The molecule has 0 unspecified atom stereocenters. The summed E-state index contributed by atoms with van der Waals surface area (Å²) < 4.78 is 28.2. The molecule has 1 aliphatic rings. The van der Waals surface area contributed by atoms with Crippen LogP contribution in [0.15, 0.2) is 30.6 Å². The molecule has 22 heavy (non-hydrogen) atoms. The molecule has 1 saturated carbocycles. The lowest BCUT2D eigenvalue weighted by molar-refractivity contribution is 0.525. The summed E-state index contributed by atoms with van der Waals surface area (Å²) in [4.78, 5) is 4.54. The van der Waals surface area contributed by atoms with Crippen molar-refractivity contribution < 1.29 is 8.42 Å². The lowest BCUT2D eigenvalue weighted by Crippen LogP contribution is -2.40. The molecule has 0 amide bonds. The summed E-state index contributed by atoms with van der Waals surface area (Å²) in [6.07, 6.45) is 6.42. The van der Waals surface area contributed by atoms with Crippen LogP contribution in [-0.4, -0.2) is 42.2 Å². The molecular formula is C15H22N4O2S. The van der Waals surface area contributed by atoms with Crippen LogP contribution in [0.3, 0.4) is 0 Å². The Morgan fingerprint density at radius 2 is 2.23 bits per heavy atom. The van der Waals surface area contributed by atoms with E-state index in [2.05, 4.69) is 15.0 Å². The van der Waals surface area contributed by atoms with E-state index in [0.717, 1.165) is 37.1 Å². The SMILES string of the molecule is C[C@H](CNS(=O)(=O)C1CC1)NCCc1cn2ccccc2n1. The van der Waals surface area contributed by atoms with Crippen LogP contribution in [0.1, 0.15) is 25.5 Å². The number of aromatic nitrogens is 2. The maximum absolute atomic E-state index is 11.7. The summed E-state index contributed by atoms with van der Waals surface area (Å²) >= 11 is 0. The number of nitrogens with one attached hydrogen (secondary N) is 2. The van der Waals surface area contributed by atoms with E-state index < -0.39 is 10.0 Å². The van der Waals surface area contributed by atoms with E-state index in [4.69, 9.17) is 0 Å². The highest BCUT2D eigenvalue weighted by Gasteiger charge is 2.35. The molecule has 0 aliphatic heterocycles. The van der Waals surface area contributed by atoms with Gasteiger partial charge in [-0.2, -0.15) is 0 Å². The third kappa shape index (κ3) is 3.85. The van der Waals surface area contributed by atoms with Gasteiger partial charge >= 0.3 is 0 Å². The highest BCUT2D eigenvalue weighted by molar-refractivity contribution is 7.90. The van der Waals surface area contributed by atoms with Crippen molar-refractivity contribution in [1.82, 2.24) is 19.4 Å². The number of hydrogen-bond acceptors (Lipinski definition) is 4. The van der Waals surface area contributed by atoms with Gasteiger partial charge in [0.25, 0.3) is 0 Å². The predicted molar refractivity (Wildman–Crippen MR) is 86.3 cm³/mol. The number of hydrogen-bond donors (Lipinski definition) is 2. The summed E-state index contributed by atoms with van der Waals surface area (Å²) in [6.45, 7) is 3.19. The average molecular weight is 322 g/mol. The fourth-order valence-electron chi connectivity index (χ4n) is 2.36. The van der Waals surface area contributed by atoms with E-state index in [0.29, 0.717) is 6.54 Å². The Kier molecular flexibility index (Phi) is 4.46. The van der Waals surface area contributed by atoms with Crippen LogP contribution in [0.2, 0.25) is 0 Å². The zero-order valence-corrected chi connectivity index (χ0v) is 13.5. The Morgan fingerprint density at radius 3 is 2.95 bits per heavy atom. The number of rotatable bonds is 8. The minimum absolute atomic E-state index is 0.102. The number of fused-ring (bicyclic) bond motifs is 1. The number of sulfonamides is 1. The fourth-order valence-corrected chi connectivity index (χ4v) is 3.84. The van der Waals surface area contributed by atoms with Crippen LogP contribution in [0.25, 0.3) is 5.65 Å². The molecule has 120 valence electrons. The van der Waals surface area contributed by atoms with Crippen LogP contribution >= 0.6 is 0 Å². The van der Waals surface area contributed by atoms with Crippen LogP contribution < -0.4 is 10.0 Å². The summed E-state index contributed by atoms with van der Waals surface area (Å²) in [6, 6.07) is 6.03. The van der Waals surface area contributed by atoms with Crippen molar-refractivity contribution in [3.63, 3.8) is 0 Å². The predicted octanol–water partition coefficient (Wildman–Crippen LogP) is 0.937. The molecule has 0 aromatic carbocycles. The van der Waals surface area contributed by atoms with Crippen molar-refractivity contribution in [2.75, 3.05) is 13.1 Å². The Bertz CT molecular complexity index is 704. The minimum atomic E-state index is -3.08. The number of imidazole rings is 1. The van der Waals surface area contributed by atoms with E-state index >= 15 is 0 Å². The zero-order valence-electron chi connectivity index (χ0n) is 12.7. The highest BCUT2D eigenvalue weighted by atomic mass is 32.2. The molecule has 2 heterocycles. The summed E-state index contributed by atoms with van der Waals surface area (Å²) in [5, 5.41) is 3.18. The lowest BCUT2D eigenvalue weighted by atomic mass is 10.3. The molecule has 3 rings (SSSR count). The second-order valence-electron chi connectivity index (χ2n) is 5.90. The summed E-state index contributed by atoms with van der Waals surface area (Å²) in [5.74, 6) is 0. The second kappa shape index (κ2) is 6.36. The normalized spacial score (nSPS) is 17.0. The van der Waals surface area contributed by atoms with Gasteiger partial charge in [0, 0.05) is 37.9 Å². The van der Waals surface area contributed by atoms with Gasteiger partial charge in [0.2, 0.25) is 10.0 Å². The zero-order chi connectivity index (χ0) is 15.6. The summed E-state index contributed by atoms with van der Waals surface area (Å²) in [5.41, 5.74) is 1.98. The van der Waals surface area contributed by atoms with Crippen LogP contribution in [0.5, 0.6) is 0 Å². The molecule has 1 aliphatic carbocycles. The molecule has 0 bridgehead atoms. The van der Waals surface area contributed by atoms with Crippen LogP contribution in [-0.2, 0) is 16.4 Å². The van der Waals surface area contributed by atoms with Gasteiger partial charge < -0.3 is 9.72 Å². The van der Waals surface area contributed by atoms with Crippen molar-refractivity contribution >= 4 is 15.7 Å². The lowest BCUT2D eigenvalue weighted by Gasteiger charge is -2.14. The standard InChI is InChI=1S/C15H22N4O2S/c1-12(10-17-22(20,21)14-5-6-14)16-8-7-13-11-19-9-3-2-4-15(19)18-13/h2-4,9,11-12,14,16-17H,5-8,10H2,1H3/t12-/m1/s1. The molecule has 2 aromatic rings. The third-order valence-corrected chi connectivity index (χ3v) is 5.76. The van der Waals surface area contributed by atoms with Gasteiger partial charge in [0.05, 0.1) is 10.9 Å². The molecule has 6 nitrogen and oxygen atoms in total. The van der Waals surface area contributed by atoms with Crippen molar-refractivity contribution in [2.24, 2.45) is 0 Å². The number of nitrogens with zero attached hydrogens (tertiary/aromatic N) is 2. The van der Waals surface area contributed by atoms with E-state index in [-0.39, 0.29) is 11.3 Å². The molecule has 1 fully saturated rings. The van der Waals surface area contributed by atoms with Crippen LogP contribution in [0, 0.1) is 0 Å². The van der Waals surface area contributed by atoms with E-state index in [1.807, 2.05) is 41.9 Å². The molecule has 0 spiro atoms. The Hall–Kier alpha value is -1.44. The Morgan fingerprint density at radius 1 is 1.41 bits per heavy atom. The third-order valence-electron chi connectivity index (χ3n) is 3.84. The molecule has 2 N–H and O–H groups in total. The molecule has 7 heteroatoms. The molecule has 0 radical (unpaired) electrons. The minimum Gasteiger partial charge on any atom is -0.313 e. The van der Waals surface area contributed by atoms with Gasteiger partial charge in [-0.05, 0) is 31.9 Å². The first kappa shape index (κ1) is 15.5. The number of pyridine rings is 1. The fraction of sp³-hybridized carbons (Fsp3) is 0.533. The average Bonchev–Trinajstić information content (AvgIpc) is 3.27. The largest absolute Gasteiger partial charge is 0.313 e. The van der Waals surface area contributed by atoms with Crippen LogP contribution in [0.4, 0.5) is 0 Å². The Balaban J connectivity index is 1.42. The van der Waals surface area contributed by atoms with Crippen molar-refractivity contribution in [1.29, 1.82) is 0 Å². The highest BCUT2D eigenvalue weighted by Crippen LogP contribution is 2.27. The first-order valence-electron chi connectivity index (χ1n) is 7.69. The van der Waals surface area contributed by atoms with E-state index in [1.165, 1.54) is 0 Å². The van der Waals surface area contributed by atoms with Gasteiger partial charge in [-0.25, -0.2) is 18.1 Å². The topological polar surface area (TPSA) is 75.5 Å². The van der Waals surface area contributed by atoms with Gasteiger partial charge in [0.15, 0.2) is 0 Å².